The number of ether oxygens (including phenoxy) is 2. The molecule has 0 radical (unpaired) electrons. The standard InChI is InChI=1S/C18H22N2O3S/c1-5-11-6-12-7-14-15(23-10-22-14)8-13(12)19-17(11)24-9-16(21)20-18(2,3)4/h6-8H,5,9-10H2,1-4H3,(H,20,21). The molecule has 1 aromatic heterocycles. The molecule has 1 aromatic carbocycles. The summed E-state index contributed by atoms with van der Waals surface area (Å²) in [5.74, 6) is 1.85. The molecule has 0 fully saturated rings. The number of rotatable bonds is 4. The zero-order valence-corrected chi connectivity index (χ0v) is 15.3. The minimum atomic E-state index is -0.222. The van der Waals surface area contributed by atoms with Crippen LogP contribution >= 0.6 is 11.8 Å². The number of fused-ring (bicyclic) bond motifs is 2. The van der Waals surface area contributed by atoms with E-state index in [1.807, 2.05) is 32.9 Å². The SMILES string of the molecule is CCc1cc2cc3c(cc2nc1SCC(=O)NC(C)(C)C)OCO3. The first-order chi connectivity index (χ1) is 11.4. The number of carbonyl (C=O) groups excluding carboxylic acids is 1. The largest absolute Gasteiger partial charge is 0.454 e. The van der Waals surface area contributed by atoms with Crippen LogP contribution in [0.4, 0.5) is 0 Å². The smallest absolute Gasteiger partial charge is 0.231 e. The van der Waals surface area contributed by atoms with Crippen LogP contribution in [0.5, 0.6) is 11.5 Å². The molecule has 0 aliphatic carbocycles. The number of hydrogen-bond donors (Lipinski definition) is 1. The van der Waals surface area contributed by atoms with E-state index in [9.17, 15) is 4.79 Å². The van der Waals surface area contributed by atoms with E-state index in [0.717, 1.165) is 39.4 Å². The Morgan fingerprint density at radius 2 is 1.96 bits per heavy atom. The molecule has 1 amide bonds. The van der Waals surface area contributed by atoms with Crippen LogP contribution < -0.4 is 14.8 Å². The fourth-order valence-electron chi connectivity index (χ4n) is 2.56. The van der Waals surface area contributed by atoms with E-state index < -0.39 is 0 Å². The van der Waals surface area contributed by atoms with Gasteiger partial charge in [-0.1, -0.05) is 18.7 Å². The number of aryl methyl sites for hydroxylation is 1. The summed E-state index contributed by atoms with van der Waals surface area (Å²) in [6.45, 7) is 8.27. The van der Waals surface area contributed by atoms with Gasteiger partial charge in [-0.05, 0) is 44.9 Å². The third-order valence-electron chi connectivity index (χ3n) is 3.58. The second-order valence-electron chi connectivity index (χ2n) is 6.79. The van der Waals surface area contributed by atoms with E-state index in [1.54, 1.807) is 0 Å². The molecule has 1 N–H and O–H groups in total. The van der Waals surface area contributed by atoms with Crippen molar-refractivity contribution < 1.29 is 14.3 Å². The lowest BCUT2D eigenvalue weighted by atomic mass is 10.1. The number of amides is 1. The molecule has 0 saturated heterocycles. The van der Waals surface area contributed by atoms with Gasteiger partial charge in [-0.25, -0.2) is 4.98 Å². The molecule has 0 saturated carbocycles. The highest BCUT2D eigenvalue weighted by atomic mass is 32.2. The quantitative estimate of drug-likeness (QED) is 0.858. The first kappa shape index (κ1) is 16.9. The van der Waals surface area contributed by atoms with Gasteiger partial charge in [0.05, 0.1) is 11.3 Å². The molecule has 2 aromatic rings. The van der Waals surface area contributed by atoms with Crippen molar-refractivity contribution in [2.45, 2.75) is 44.7 Å². The number of hydrogen-bond acceptors (Lipinski definition) is 5. The van der Waals surface area contributed by atoms with E-state index in [-0.39, 0.29) is 18.2 Å². The molecule has 2 heterocycles. The van der Waals surface area contributed by atoms with Crippen LogP contribution in [0.15, 0.2) is 23.2 Å². The number of thioether (sulfide) groups is 1. The van der Waals surface area contributed by atoms with Gasteiger partial charge in [0, 0.05) is 17.0 Å². The molecular formula is C18H22N2O3S. The second kappa shape index (κ2) is 6.51. The number of carbonyl (C=O) groups is 1. The Morgan fingerprint density at radius 1 is 1.25 bits per heavy atom. The Kier molecular flexibility index (Phi) is 4.58. The fourth-order valence-corrected chi connectivity index (χ4v) is 3.45. The second-order valence-corrected chi connectivity index (χ2v) is 7.76. The summed E-state index contributed by atoms with van der Waals surface area (Å²) in [6.07, 6.45) is 0.862. The molecule has 5 nitrogen and oxygen atoms in total. The molecule has 0 bridgehead atoms. The van der Waals surface area contributed by atoms with Crippen molar-refractivity contribution in [1.29, 1.82) is 0 Å². The van der Waals surface area contributed by atoms with Gasteiger partial charge in [-0.15, -0.1) is 0 Å². The van der Waals surface area contributed by atoms with Crippen LogP contribution in [-0.4, -0.2) is 29.0 Å². The third kappa shape index (κ3) is 3.75. The van der Waals surface area contributed by atoms with Crippen molar-refractivity contribution in [1.82, 2.24) is 10.3 Å². The van der Waals surface area contributed by atoms with Crippen molar-refractivity contribution in [3.05, 3.63) is 23.8 Å². The summed E-state index contributed by atoms with van der Waals surface area (Å²) in [4.78, 5) is 16.8. The number of nitrogens with zero attached hydrogens (tertiary/aromatic N) is 1. The van der Waals surface area contributed by atoms with Crippen LogP contribution in [-0.2, 0) is 11.2 Å². The fraction of sp³-hybridized carbons (Fsp3) is 0.444. The number of aromatic nitrogens is 1. The Bertz CT molecular complexity index is 784. The number of pyridine rings is 1. The maximum atomic E-state index is 12.1. The lowest BCUT2D eigenvalue weighted by Crippen LogP contribution is -2.41. The number of nitrogens with one attached hydrogen (secondary N) is 1. The Balaban J connectivity index is 1.84. The van der Waals surface area contributed by atoms with Gasteiger partial charge in [0.15, 0.2) is 11.5 Å². The van der Waals surface area contributed by atoms with Gasteiger partial charge in [-0.2, -0.15) is 0 Å². The minimum absolute atomic E-state index is 0.0159. The highest BCUT2D eigenvalue weighted by molar-refractivity contribution is 7.99. The predicted octanol–water partition coefficient (Wildman–Crippen LogP) is 3.53. The van der Waals surface area contributed by atoms with Crippen molar-refractivity contribution in [2.75, 3.05) is 12.5 Å². The van der Waals surface area contributed by atoms with Gasteiger partial charge in [-0.3, -0.25) is 4.79 Å². The van der Waals surface area contributed by atoms with Gasteiger partial charge < -0.3 is 14.8 Å². The maximum Gasteiger partial charge on any atom is 0.231 e. The summed E-state index contributed by atoms with van der Waals surface area (Å²) in [7, 11) is 0. The van der Waals surface area contributed by atoms with Crippen LogP contribution in [0.1, 0.15) is 33.3 Å². The van der Waals surface area contributed by atoms with Crippen LogP contribution in [0.25, 0.3) is 10.9 Å². The molecule has 1 aliphatic rings. The van der Waals surface area contributed by atoms with Gasteiger partial charge in [0.1, 0.15) is 5.03 Å². The van der Waals surface area contributed by atoms with Gasteiger partial charge in [0.2, 0.25) is 12.7 Å². The van der Waals surface area contributed by atoms with Gasteiger partial charge in [0.25, 0.3) is 0 Å². The lowest BCUT2D eigenvalue weighted by molar-refractivity contribution is -0.119. The molecule has 6 heteroatoms. The summed E-state index contributed by atoms with van der Waals surface area (Å²) >= 11 is 1.47. The molecule has 24 heavy (non-hydrogen) atoms. The monoisotopic (exact) mass is 346 g/mol. The minimum Gasteiger partial charge on any atom is -0.454 e. The zero-order chi connectivity index (χ0) is 17.3. The first-order valence-corrected chi connectivity index (χ1v) is 9.01. The number of benzene rings is 1. The van der Waals surface area contributed by atoms with Gasteiger partial charge >= 0.3 is 0 Å². The zero-order valence-electron chi connectivity index (χ0n) is 14.4. The van der Waals surface area contributed by atoms with Crippen LogP contribution in [0, 0.1) is 0 Å². The van der Waals surface area contributed by atoms with E-state index in [2.05, 4.69) is 18.3 Å². The summed E-state index contributed by atoms with van der Waals surface area (Å²) in [6, 6.07) is 5.98. The average Bonchev–Trinajstić information content (AvgIpc) is 2.95. The molecular weight excluding hydrogens is 324 g/mol. The van der Waals surface area contributed by atoms with Crippen molar-refractivity contribution in [3.63, 3.8) is 0 Å². The summed E-state index contributed by atoms with van der Waals surface area (Å²) in [5.41, 5.74) is 1.77. The van der Waals surface area contributed by atoms with Crippen molar-refractivity contribution >= 4 is 28.6 Å². The maximum absolute atomic E-state index is 12.1. The lowest BCUT2D eigenvalue weighted by Gasteiger charge is -2.20. The predicted molar refractivity (Wildman–Crippen MR) is 95.9 cm³/mol. The summed E-state index contributed by atoms with van der Waals surface area (Å²) in [5, 5.41) is 4.90. The highest BCUT2D eigenvalue weighted by Gasteiger charge is 2.18. The van der Waals surface area contributed by atoms with E-state index in [4.69, 9.17) is 14.5 Å². The Hall–Kier alpha value is -1.95. The Morgan fingerprint density at radius 3 is 2.62 bits per heavy atom. The summed E-state index contributed by atoms with van der Waals surface area (Å²) < 4.78 is 10.9. The van der Waals surface area contributed by atoms with Crippen LogP contribution in [0.3, 0.4) is 0 Å². The van der Waals surface area contributed by atoms with E-state index >= 15 is 0 Å². The molecule has 0 unspecified atom stereocenters. The Labute approximate surface area is 146 Å². The topological polar surface area (TPSA) is 60.5 Å². The highest BCUT2D eigenvalue weighted by Crippen LogP contribution is 2.37. The first-order valence-electron chi connectivity index (χ1n) is 8.03. The normalized spacial score (nSPS) is 13.3. The molecule has 0 spiro atoms. The van der Waals surface area contributed by atoms with Crippen LogP contribution in [0.2, 0.25) is 0 Å². The third-order valence-corrected chi connectivity index (χ3v) is 4.62. The molecule has 0 atom stereocenters. The average molecular weight is 346 g/mol. The molecule has 3 rings (SSSR count). The molecule has 128 valence electrons. The van der Waals surface area contributed by atoms with E-state index in [1.165, 1.54) is 11.8 Å². The molecule has 1 aliphatic heterocycles. The van der Waals surface area contributed by atoms with Crippen molar-refractivity contribution in [2.24, 2.45) is 0 Å². The van der Waals surface area contributed by atoms with Crippen molar-refractivity contribution in [3.8, 4) is 11.5 Å². The van der Waals surface area contributed by atoms with E-state index in [0.29, 0.717) is 5.75 Å².